The highest BCUT2D eigenvalue weighted by Gasteiger charge is 2.78. The molecule has 232 valence electrons. The molecular formula is C30H38F2IN6O3P. The first-order valence-electron chi connectivity index (χ1n) is 14.6. The summed E-state index contributed by atoms with van der Waals surface area (Å²) >= 11 is 2.25. The largest absolute Gasteiger partial charge is 0.444 e. The molecule has 9 nitrogen and oxygen atoms in total. The van der Waals surface area contributed by atoms with Gasteiger partial charge in [0.25, 0.3) is 5.92 Å². The van der Waals surface area contributed by atoms with Gasteiger partial charge in [0.15, 0.2) is 0 Å². The molecule has 1 saturated carbocycles. The van der Waals surface area contributed by atoms with Crippen LogP contribution in [0.4, 0.5) is 19.3 Å². The molecule has 0 bridgehead atoms. The van der Waals surface area contributed by atoms with Crippen LogP contribution in [0.15, 0.2) is 24.3 Å². The molecule has 1 saturated heterocycles. The summed E-state index contributed by atoms with van der Waals surface area (Å²) in [6.07, 6.45) is 0.674. The molecule has 4 atom stereocenters. The molecule has 6 rings (SSSR count). The van der Waals surface area contributed by atoms with Crippen molar-refractivity contribution in [2.24, 2.45) is 11.3 Å². The van der Waals surface area contributed by atoms with Crippen molar-refractivity contribution < 1.29 is 23.1 Å². The van der Waals surface area contributed by atoms with Gasteiger partial charge in [0.2, 0.25) is 5.91 Å². The second kappa shape index (κ2) is 10.7. The van der Waals surface area contributed by atoms with E-state index in [2.05, 4.69) is 31.9 Å². The monoisotopic (exact) mass is 726 g/mol. The Bertz CT molecular complexity index is 1590. The van der Waals surface area contributed by atoms with Gasteiger partial charge in [-0.1, -0.05) is 13.0 Å². The van der Waals surface area contributed by atoms with Crippen LogP contribution in [0, 0.1) is 11.3 Å². The van der Waals surface area contributed by atoms with E-state index in [1.165, 1.54) is 0 Å². The van der Waals surface area contributed by atoms with Gasteiger partial charge in [0.1, 0.15) is 11.3 Å². The number of ether oxygens (including phenoxy) is 1. The van der Waals surface area contributed by atoms with E-state index in [1.807, 2.05) is 56.4 Å². The van der Waals surface area contributed by atoms with Crippen molar-refractivity contribution in [1.29, 1.82) is 0 Å². The normalized spacial score (nSPS) is 24.2. The second-order valence-electron chi connectivity index (χ2n) is 13.3. The van der Waals surface area contributed by atoms with Gasteiger partial charge in [-0.05, 0) is 74.4 Å². The number of nitrogens with one attached hydrogen (secondary N) is 1. The van der Waals surface area contributed by atoms with Crippen molar-refractivity contribution in [1.82, 2.24) is 24.3 Å². The number of likely N-dealkylation sites (N-methyl/N-ethyl adjacent to an activating group) is 1. The molecule has 2 aliphatic carbocycles. The molecule has 2 fully saturated rings. The maximum atomic E-state index is 14.6. The average Bonchev–Trinajstić information content (AvgIpc) is 3.32. The summed E-state index contributed by atoms with van der Waals surface area (Å²) in [5, 5.41) is 5.81. The number of halogens is 3. The molecule has 1 aromatic carbocycles. The maximum absolute atomic E-state index is 14.6. The van der Waals surface area contributed by atoms with Gasteiger partial charge in [0.05, 0.1) is 18.1 Å². The molecule has 2 amide bonds. The highest BCUT2D eigenvalue weighted by atomic mass is 127. The number of hydrogen-bond donors (Lipinski definition) is 1. The lowest BCUT2D eigenvalue weighted by Gasteiger charge is -2.38. The van der Waals surface area contributed by atoms with Gasteiger partial charge >= 0.3 is 6.09 Å². The number of fused-ring (bicyclic) bond motifs is 3. The lowest BCUT2D eigenvalue weighted by molar-refractivity contribution is -0.123. The number of carbonyl (C=O) groups is 2. The Kier molecular flexibility index (Phi) is 7.60. The first-order valence-corrected chi connectivity index (χ1v) is 18.7. The van der Waals surface area contributed by atoms with E-state index in [1.54, 1.807) is 23.8 Å². The number of carbonyl (C=O) groups excluding carboxylic acids is 2. The van der Waals surface area contributed by atoms with Crippen molar-refractivity contribution in [3.63, 3.8) is 0 Å². The van der Waals surface area contributed by atoms with Crippen LogP contribution in [0.5, 0.6) is 0 Å². The molecule has 13 heteroatoms. The molecule has 1 N–H and O–H groups in total. The van der Waals surface area contributed by atoms with Crippen LogP contribution in [0.1, 0.15) is 45.9 Å². The van der Waals surface area contributed by atoms with Crippen molar-refractivity contribution >= 4 is 57.0 Å². The van der Waals surface area contributed by atoms with Gasteiger partial charge in [-0.2, -0.15) is 5.10 Å². The minimum absolute atomic E-state index is 0.0406. The topological polar surface area (TPSA) is 86.7 Å². The Morgan fingerprint density at radius 1 is 1.21 bits per heavy atom. The summed E-state index contributed by atoms with van der Waals surface area (Å²) in [6.45, 7) is 11.3. The fraction of sp³-hybridized carbons (Fsp3) is 0.567. The Labute approximate surface area is 265 Å². The molecule has 0 radical (unpaired) electrons. The third-order valence-electron chi connectivity index (χ3n) is 9.45. The number of aromatic amines is 1. The SMILES string of the molecule is CC(C(=O)N(C)c1ccc2cc(-c3nn(PI)c4c3CC3C(F)(F)C3(C)C4)[nH]c2c1)N1CCN(C(=O)OC(C)(C)C)CC1. The number of anilines is 1. The number of piperazine rings is 1. The Hall–Kier alpha value is -2.31. The summed E-state index contributed by atoms with van der Waals surface area (Å²) < 4.78 is 36.7. The highest BCUT2D eigenvalue weighted by Crippen LogP contribution is 2.71. The Morgan fingerprint density at radius 3 is 2.56 bits per heavy atom. The van der Waals surface area contributed by atoms with Gasteiger partial charge in [0, 0.05) is 78.8 Å². The van der Waals surface area contributed by atoms with Gasteiger partial charge in [-0.15, -0.1) is 0 Å². The van der Waals surface area contributed by atoms with E-state index in [0.29, 0.717) is 45.4 Å². The number of aromatic nitrogens is 3. The second-order valence-corrected chi connectivity index (χ2v) is 15.3. The summed E-state index contributed by atoms with van der Waals surface area (Å²) in [5.74, 6) is -3.32. The minimum Gasteiger partial charge on any atom is -0.444 e. The van der Waals surface area contributed by atoms with Gasteiger partial charge in [-0.3, -0.25) is 9.69 Å². The van der Waals surface area contributed by atoms with Crippen molar-refractivity contribution in [3.05, 3.63) is 35.5 Å². The van der Waals surface area contributed by atoms with E-state index >= 15 is 0 Å². The number of H-pyrrole nitrogens is 1. The standard InChI is InChI=1S/C30H38F2IN6O3P/c1-17(37-9-11-38(12-10-37)27(41)42-28(2,3)4)26(40)36(6)19-8-7-18-13-22(34-21(18)14-19)25-20-15-24-29(5,30(24,31)32)16-23(20)39(35-25)43-33/h7-8,13-14,17,24,34,43H,9-12,15-16H2,1-6H3. The number of rotatable bonds is 5. The van der Waals surface area contributed by atoms with E-state index in [4.69, 9.17) is 9.84 Å². The van der Waals surface area contributed by atoms with Crippen LogP contribution >= 0.6 is 28.4 Å². The number of amides is 2. The summed E-state index contributed by atoms with van der Waals surface area (Å²) in [5.41, 5.74) is 3.46. The van der Waals surface area contributed by atoms with Gasteiger partial charge < -0.3 is 19.5 Å². The number of hydrogen-bond acceptors (Lipinski definition) is 5. The number of nitrogens with zero attached hydrogens (tertiary/aromatic N) is 5. The number of alkyl halides is 2. The van der Waals surface area contributed by atoms with Crippen LogP contribution < -0.4 is 4.90 Å². The fourth-order valence-electron chi connectivity index (χ4n) is 6.62. The molecule has 3 heterocycles. The molecule has 2 aromatic heterocycles. The van der Waals surface area contributed by atoms with Crippen LogP contribution in [0.3, 0.4) is 0 Å². The smallest absolute Gasteiger partial charge is 0.410 e. The van der Waals surface area contributed by atoms with E-state index in [0.717, 1.165) is 39.2 Å². The zero-order valence-corrected chi connectivity index (χ0v) is 28.5. The van der Waals surface area contributed by atoms with Crippen molar-refractivity contribution in [2.45, 2.75) is 65.0 Å². The zero-order chi connectivity index (χ0) is 31.1. The van der Waals surface area contributed by atoms with Crippen LogP contribution in [-0.2, 0) is 22.4 Å². The molecule has 4 unspecified atom stereocenters. The summed E-state index contributed by atoms with van der Waals surface area (Å²) in [7, 11) is 1.77. The fourth-order valence-corrected chi connectivity index (χ4v) is 8.27. The average molecular weight is 727 g/mol. The lowest BCUT2D eigenvalue weighted by Crippen LogP contribution is -2.55. The third kappa shape index (κ3) is 5.24. The van der Waals surface area contributed by atoms with Crippen LogP contribution in [-0.4, -0.2) is 87.1 Å². The minimum atomic E-state index is -2.64. The quantitative estimate of drug-likeness (QED) is 0.254. The summed E-state index contributed by atoms with van der Waals surface area (Å²) in [6, 6.07) is 7.47. The van der Waals surface area contributed by atoms with E-state index in [9.17, 15) is 18.4 Å². The molecule has 3 aromatic rings. The Balaban J connectivity index is 1.16. The van der Waals surface area contributed by atoms with E-state index in [-0.39, 0.29) is 18.0 Å². The molecule has 3 aliphatic rings. The maximum Gasteiger partial charge on any atom is 0.410 e. The summed E-state index contributed by atoms with van der Waals surface area (Å²) in [4.78, 5) is 34.8. The predicted octanol–water partition coefficient (Wildman–Crippen LogP) is 6.10. The van der Waals surface area contributed by atoms with Gasteiger partial charge in [-0.25, -0.2) is 18.0 Å². The third-order valence-corrected chi connectivity index (χ3v) is 11.3. The highest BCUT2D eigenvalue weighted by molar-refractivity contribution is 14.2. The van der Waals surface area contributed by atoms with Crippen LogP contribution in [0.2, 0.25) is 0 Å². The molecular weight excluding hydrogens is 688 g/mol. The molecule has 0 spiro atoms. The zero-order valence-electron chi connectivity index (χ0n) is 25.3. The Morgan fingerprint density at radius 2 is 1.91 bits per heavy atom. The van der Waals surface area contributed by atoms with Crippen LogP contribution in [0.25, 0.3) is 22.3 Å². The number of benzene rings is 1. The molecule has 43 heavy (non-hydrogen) atoms. The van der Waals surface area contributed by atoms with Crippen molar-refractivity contribution in [3.8, 4) is 11.4 Å². The van der Waals surface area contributed by atoms with Crippen molar-refractivity contribution in [2.75, 3.05) is 38.1 Å². The first-order chi connectivity index (χ1) is 20.1. The molecule has 1 aliphatic heterocycles. The predicted molar refractivity (Wildman–Crippen MR) is 173 cm³/mol. The van der Waals surface area contributed by atoms with E-state index < -0.39 is 22.9 Å². The lowest BCUT2D eigenvalue weighted by atomic mass is 9.87. The first kappa shape index (κ1) is 30.7.